The molecule has 4 aromatic rings. The maximum Gasteiger partial charge on any atom is 0.248 e. The molecule has 0 fully saturated rings. The lowest BCUT2D eigenvalue weighted by Gasteiger charge is -2.34. The van der Waals surface area contributed by atoms with Crippen LogP contribution in [0.3, 0.4) is 0 Å². The minimum atomic E-state index is -3.91. The van der Waals surface area contributed by atoms with E-state index in [2.05, 4.69) is 30.4 Å². The standard InChI is InChI=1S/C38H51N5O4S2Si/c1-11-28-13-12-19-37(6,24-28)49(45,46)43-20-18-30-31(16-14-27(2)34(30)43)38(7,41-48(44)36(3,4)5)35-40-32-23-29(25-39)15-17-33(32)42(35)26-47-21-22-50(8,9)10/h12-18,20,23-24,41H,11,19,21-22,26H2,1-10H3. The number of benzene rings is 2. The highest BCUT2D eigenvalue weighted by Crippen LogP contribution is 2.41. The zero-order chi connectivity index (χ0) is 36.9. The van der Waals surface area contributed by atoms with Crippen molar-refractivity contribution in [2.75, 3.05) is 6.61 Å². The minimum Gasteiger partial charge on any atom is -0.361 e. The molecule has 0 bridgehead atoms. The molecule has 0 amide bonds. The summed E-state index contributed by atoms with van der Waals surface area (Å²) in [6.07, 6.45) is 8.57. The molecular formula is C38H51N5O4S2Si. The van der Waals surface area contributed by atoms with Gasteiger partial charge in [0.1, 0.15) is 22.8 Å². The van der Waals surface area contributed by atoms with Gasteiger partial charge in [-0.05, 0) is 95.8 Å². The molecule has 2 aromatic heterocycles. The largest absolute Gasteiger partial charge is 0.361 e. The van der Waals surface area contributed by atoms with Gasteiger partial charge in [0.15, 0.2) is 0 Å². The smallest absolute Gasteiger partial charge is 0.248 e. The average Bonchev–Trinajstić information content (AvgIpc) is 3.65. The fourth-order valence-electron chi connectivity index (χ4n) is 6.40. The number of aryl methyl sites for hydroxylation is 1. The van der Waals surface area contributed by atoms with Gasteiger partial charge in [0.05, 0.1) is 43.9 Å². The molecule has 1 aliphatic carbocycles. The van der Waals surface area contributed by atoms with E-state index in [4.69, 9.17) is 9.72 Å². The number of rotatable bonds is 12. The van der Waals surface area contributed by atoms with Crippen LogP contribution in [-0.4, -0.2) is 50.3 Å². The first-order valence-corrected chi connectivity index (χ1v) is 23.5. The molecule has 2 aromatic carbocycles. The van der Waals surface area contributed by atoms with Crippen LogP contribution in [0.2, 0.25) is 25.7 Å². The molecule has 1 N–H and O–H groups in total. The summed E-state index contributed by atoms with van der Waals surface area (Å²) in [5.74, 6) is 0.550. The van der Waals surface area contributed by atoms with Crippen LogP contribution in [0.5, 0.6) is 0 Å². The van der Waals surface area contributed by atoms with Crippen molar-refractivity contribution < 1.29 is 17.4 Å². The molecule has 268 valence electrons. The Balaban J connectivity index is 1.76. The Bertz CT molecular complexity index is 2180. The number of hydrogen-bond donors (Lipinski definition) is 1. The maximum atomic E-state index is 14.6. The van der Waals surface area contributed by atoms with Crippen molar-refractivity contribution in [1.29, 1.82) is 5.26 Å². The lowest BCUT2D eigenvalue weighted by Crippen LogP contribution is -2.48. The number of aromatic nitrogens is 3. The van der Waals surface area contributed by atoms with Crippen molar-refractivity contribution in [3.63, 3.8) is 0 Å². The van der Waals surface area contributed by atoms with Crippen LogP contribution < -0.4 is 4.72 Å². The van der Waals surface area contributed by atoms with Crippen molar-refractivity contribution in [3.05, 3.63) is 88.9 Å². The van der Waals surface area contributed by atoms with Crippen LogP contribution in [0.1, 0.15) is 76.9 Å². The van der Waals surface area contributed by atoms with Crippen molar-refractivity contribution in [2.24, 2.45) is 0 Å². The number of imidazole rings is 1. The molecule has 0 radical (unpaired) electrons. The summed E-state index contributed by atoms with van der Waals surface area (Å²) in [6.45, 7) is 21.1. The average molecular weight is 734 g/mol. The van der Waals surface area contributed by atoms with Gasteiger partial charge in [0.2, 0.25) is 10.0 Å². The van der Waals surface area contributed by atoms with E-state index < -0.39 is 44.1 Å². The van der Waals surface area contributed by atoms with Crippen molar-refractivity contribution in [1.82, 2.24) is 18.2 Å². The number of hydrogen-bond acceptors (Lipinski definition) is 6. The van der Waals surface area contributed by atoms with Gasteiger partial charge in [-0.2, -0.15) is 5.26 Å². The normalized spacial score (nSPS) is 19.0. The van der Waals surface area contributed by atoms with Crippen LogP contribution in [0.15, 0.2) is 66.4 Å². The topological polar surface area (TPSA) is 119 Å². The molecule has 3 atom stereocenters. The minimum absolute atomic E-state index is 0.198. The summed E-state index contributed by atoms with van der Waals surface area (Å²) in [4.78, 5) is 5.12. The highest BCUT2D eigenvalue weighted by atomic mass is 32.2. The third-order valence-corrected chi connectivity index (χ3v) is 15.2. The van der Waals surface area contributed by atoms with E-state index in [1.807, 2.05) is 88.6 Å². The lowest BCUT2D eigenvalue weighted by molar-refractivity contribution is 0.0857. The second kappa shape index (κ2) is 13.7. The summed E-state index contributed by atoms with van der Waals surface area (Å²) in [6, 6.07) is 14.3. The first kappa shape index (κ1) is 37.9. The SMILES string of the molecule is CCC1=CC(C)(S(=O)(=O)n2ccc3c(C(C)(NS(=O)C(C)(C)C)c4nc5cc(C#N)ccc5n4COCC[Si](C)(C)C)ccc(C)c32)CC=C1. The van der Waals surface area contributed by atoms with E-state index in [0.29, 0.717) is 40.8 Å². The Hall–Kier alpha value is -3.34. The Morgan fingerprint density at radius 2 is 1.86 bits per heavy atom. The van der Waals surface area contributed by atoms with Gasteiger partial charge >= 0.3 is 0 Å². The number of allylic oxidation sites excluding steroid dienone is 3. The molecule has 1 aliphatic rings. The number of nitriles is 1. The molecule has 0 spiro atoms. The number of nitrogens with one attached hydrogen (secondary N) is 1. The molecule has 5 rings (SSSR count). The molecule has 2 heterocycles. The van der Waals surface area contributed by atoms with E-state index in [-0.39, 0.29) is 6.73 Å². The van der Waals surface area contributed by atoms with Crippen molar-refractivity contribution >= 4 is 51.0 Å². The van der Waals surface area contributed by atoms with Crippen LogP contribution in [-0.2, 0) is 38.0 Å². The highest BCUT2D eigenvalue weighted by molar-refractivity contribution is 7.91. The summed E-state index contributed by atoms with van der Waals surface area (Å²) < 4.78 is 54.6. The van der Waals surface area contributed by atoms with E-state index in [0.717, 1.165) is 34.7 Å². The van der Waals surface area contributed by atoms with E-state index in [1.54, 1.807) is 25.3 Å². The molecule has 0 aliphatic heterocycles. The lowest BCUT2D eigenvalue weighted by atomic mass is 9.88. The number of ether oxygens (including phenoxy) is 1. The third-order valence-electron chi connectivity index (χ3n) is 9.55. The van der Waals surface area contributed by atoms with E-state index in [9.17, 15) is 17.9 Å². The molecular weight excluding hydrogens is 683 g/mol. The van der Waals surface area contributed by atoms with Crippen molar-refractivity contribution in [3.8, 4) is 6.07 Å². The Morgan fingerprint density at radius 1 is 1.14 bits per heavy atom. The summed E-state index contributed by atoms with van der Waals surface area (Å²) >= 11 is 0. The van der Waals surface area contributed by atoms with Gasteiger partial charge in [-0.3, -0.25) is 0 Å². The fraction of sp³-hybridized carbons (Fsp3) is 0.474. The highest BCUT2D eigenvalue weighted by Gasteiger charge is 2.43. The predicted molar refractivity (Wildman–Crippen MR) is 208 cm³/mol. The molecule has 3 unspecified atom stereocenters. The van der Waals surface area contributed by atoms with Crippen LogP contribution in [0, 0.1) is 18.3 Å². The van der Waals surface area contributed by atoms with Crippen LogP contribution >= 0.6 is 0 Å². The summed E-state index contributed by atoms with van der Waals surface area (Å²) in [7, 11) is -6.84. The van der Waals surface area contributed by atoms with Gasteiger partial charge in [0.25, 0.3) is 0 Å². The first-order valence-electron chi connectivity index (χ1n) is 17.2. The molecule has 0 saturated carbocycles. The summed E-state index contributed by atoms with van der Waals surface area (Å²) in [5, 5.41) is 10.4. The Kier molecular flexibility index (Phi) is 10.4. The molecule has 9 nitrogen and oxygen atoms in total. The zero-order valence-corrected chi connectivity index (χ0v) is 33.7. The number of nitrogens with zero attached hydrogens (tertiary/aromatic N) is 4. The molecule has 0 saturated heterocycles. The monoisotopic (exact) mass is 733 g/mol. The quantitative estimate of drug-likeness (QED) is 0.116. The van der Waals surface area contributed by atoms with Gasteiger partial charge in [0, 0.05) is 26.3 Å². The second-order valence-electron chi connectivity index (χ2n) is 15.9. The van der Waals surface area contributed by atoms with Gasteiger partial charge < -0.3 is 9.30 Å². The van der Waals surface area contributed by atoms with Crippen LogP contribution in [0.4, 0.5) is 0 Å². The molecule has 12 heteroatoms. The first-order chi connectivity index (χ1) is 23.3. The second-order valence-corrected chi connectivity index (χ2v) is 25.8. The Morgan fingerprint density at radius 3 is 2.50 bits per heavy atom. The maximum absolute atomic E-state index is 14.6. The zero-order valence-electron chi connectivity index (χ0n) is 31.0. The van der Waals surface area contributed by atoms with E-state index >= 15 is 0 Å². The summed E-state index contributed by atoms with van der Waals surface area (Å²) in [5.41, 5.74) is 3.76. The van der Waals surface area contributed by atoms with Gasteiger partial charge in [-0.15, -0.1) is 0 Å². The van der Waals surface area contributed by atoms with Gasteiger partial charge in [-0.25, -0.2) is 26.3 Å². The van der Waals surface area contributed by atoms with E-state index in [1.165, 1.54) is 3.97 Å². The fourth-order valence-corrected chi connectivity index (χ4v) is 9.80. The van der Waals surface area contributed by atoms with Crippen LogP contribution in [0.25, 0.3) is 21.9 Å². The van der Waals surface area contributed by atoms with Crippen molar-refractivity contribution in [2.45, 2.75) is 109 Å². The number of fused-ring (bicyclic) bond motifs is 2. The Labute approximate surface area is 301 Å². The van der Waals surface area contributed by atoms with Gasteiger partial charge in [-0.1, -0.05) is 62.5 Å². The predicted octanol–water partition coefficient (Wildman–Crippen LogP) is 8.03. The third kappa shape index (κ3) is 7.08. The molecule has 50 heavy (non-hydrogen) atoms.